The van der Waals surface area contributed by atoms with Gasteiger partial charge in [0.05, 0.1) is 5.56 Å². The molecule has 2 N–H and O–H groups in total. The normalized spacial score (nSPS) is 19.1. The van der Waals surface area contributed by atoms with Gasteiger partial charge in [-0.2, -0.15) is 0 Å². The number of ketones is 1. The molecule has 3 aliphatic rings. The molecule has 1 saturated carbocycles. The van der Waals surface area contributed by atoms with Crippen molar-refractivity contribution < 1.29 is 4.79 Å². The Bertz CT molecular complexity index is 1550. The monoisotopic (exact) mass is 488 g/mol. The highest BCUT2D eigenvalue weighted by atomic mass is 16.1. The molecule has 1 aromatic heterocycles. The van der Waals surface area contributed by atoms with E-state index in [-0.39, 0.29) is 11.2 Å². The molecule has 5 nitrogen and oxygen atoms in total. The van der Waals surface area contributed by atoms with Crippen LogP contribution >= 0.6 is 0 Å². The molecule has 0 amide bonds. The second-order valence-electron chi connectivity index (χ2n) is 11.3. The summed E-state index contributed by atoms with van der Waals surface area (Å²) in [5, 5.41) is 8.59. The summed E-state index contributed by atoms with van der Waals surface area (Å²) in [5.74, 6) is 0.0838. The minimum Gasteiger partial charge on any atom is -0.368 e. The molecule has 0 spiro atoms. The molecule has 0 atom stereocenters. The number of benzene rings is 3. The van der Waals surface area contributed by atoms with Crippen molar-refractivity contribution in [3.05, 3.63) is 88.6 Å². The lowest BCUT2D eigenvalue weighted by atomic mass is 9.70. The number of fused-ring (bicyclic) bond motifs is 4. The molecule has 3 aromatic carbocycles. The van der Waals surface area contributed by atoms with Crippen molar-refractivity contribution in [1.29, 1.82) is 5.41 Å². The maximum Gasteiger partial charge on any atom is 0.195 e. The van der Waals surface area contributed by atoms with Gasteiger partial charge < -0.3 is 15.3 Å². The molecular formula is C32H32N4O. The van der Waals surface area contributed by atoms with E-state index in [9.17, 15) is 4.79 Å². The highest BCUT2D eigenvalue weighted by Gasteiger charge is 2.41. The number of anilines is 1. The molecule has 2 heterocycles. The number of aromatic nitrogens is 1. The van der Waals surface area contributed by atoms with Gasteiger partial charge in [-0.25, -0.2) is 0 Å². The van der Waals surface area contributed by atoms with Crippen LogP contribution in [0.5, 0.6) is 0 Å². The van der Waals surface area contributed by atoms with Crippen LogP contribution in [-0.2, 0) is 5.41 Å². The summed E-state index contributed by atoms with van der Waals surface area (Å²) in [6.45, 7) is 8.66. The third-order valence-electron chi connectivity index (χ3n) is 8.70. The fourth-order valence-electron chi connectivity index (χ4n) is 6.45. The van der Waals surface area contributed by atoms with Crippen molar-refractivity contribution in [2.75, 3.05) is 31.1 Å². The predicted molar refractivity (Wildman–Crippen MR) is 150 cm³/mol. The lowest BCUT2D eigenvalue weighted by Gasteiger charge is -2.39. The lowest BCUT2D eigenvalue weighted by molar-refractivity contribution is 0.103. The number of piperazine rings is 1. The first-order valence-electron chi connectivity index (χ1n) is 13.4. The molecule has 5 heteroatoms. The molecule has 7 rings (SSSR count). The quantitative estimate of drug-likeness (QED) is 0.347. The molecule has 0 radical (unpaired) electrons. The molecule has 37 heavy (non-hydrogen) atoms. The third-order valence-corrected chi connectivity index (χ3v) is 8.70. The van der Waals surface area contributed by atoms with Crippen LogP contribution in [-0.4, -0.2) is 54.1 Å². The van der Waals surface area contributed by atoms with Crippen molar-refractivity contribution in [1.82, 2.24) is 9.88 Å². The number of H-pyrrole nitrogens is 1. The topological polar surface area (TPSA) is 63.2 Å². The van der Waals surface area contributed by atoms with Crippen molar-refractivity contribution in [2.45, 2.75) is 38.1 Å². The highest BCUT2D eigenvalue weighted by Crippen LogP contribution is 2.47. The van der Waals surface area contributed by atoms with Crippen molar-refractivity contribution in [3.8, 4) is 11.1 Å². The van der Waals surface area contributed by atoms with Crippen LogP contribution in [0.2, 0.25) is 0 Å². The number of rotatable bonds is 4. The largest absolute Gasteiger partial charge is 0.368 e. The summed E-state index contributed by atoms with van der Waals surface area (Å²) < 4.78 is 0. The van der Waals surface area contributed by atoms with Gasteiger partial charge in [0.2, 0.25) is 0 Å². The van der Waals surface area contributed by atoms with Gasteiger partial charge >= 0.3 is 0 Å². The molecule has 1 aliphatic heterocycles. The van der Waals surface area contributed by atoms with Gasteiger partial charge in [-0.1, -0.05) is 56.3 Å². The molecule has 0 unspecified atom stereocenters. The van der Waals surface area contributed by atoms with Crippen molar-refractivity contribution in [3.63, 3.8) is 0 Å². The van der Waals surface area contributed by atoms with Crippen LogP contribution in [0.15, 0.2) is 60.7 Å². The molecule has 4 aromatic rings. The van der Waals surface area contributed by atoms with E-state index in [0.717, 1.165) is 82.2 Å². The Morgan fingerprint density at radius 1 is 0.946 bits per heavy atom. The summed E-state index contributed by atoms with van der Waals surface area (Å²) in [6.07, 6.45) is 4.04. The van der Waals surface area contributed by atoms with Crippen LogP contribution in [0.4, 0.5) is 5.69 Å². The molecule has 1 saturated heterocycles. The number of hydrogen-bond acceptors (Lipinski definition) is 4. The first-order chi connectivity index (χ1) is 18.0. The minimum atomic E-state index is -0.359. The van der Waals surface area contributed by atoms with E-state index in [0.29, 0.717) is 0 Å². The van der Waals surface area contributed by atoms with Gasteiger partial charge in [-0.15, -0.1) is 0 Å². The van der Waals surface area contributed by atoms with Gasteiger partial charge in [-0.3, -0.25) is 9.69 Å². The summed E-state index contributed by atoms with van der Waals surface area (Å²) in [7, 11) is 0. The van der Waals surface area contributed by atoms with E-state index in [4.69, 9.17) is 5.41 Å². The van der Waals surface area contributed by atoms with Crippen molar-refractivity contribution >= 4 is 28.6 Å². The van der Waals surface area contributed by atoms with E-state index in [2.05, 4.69) is 65.0 Å². The predicted octanol–water partition coefficient (Wildman–Crippen LogP) is 5.99. The van der Waals surface area contributed by atoms with Crippen LogP contribution < -0.4 is 4.90 Å². The Balaban J connectivity index is 1.40. The molecular weight excluding hydrogens is 456 g/mol. The summed E-state index contributed by atoms with van der Waals surface area (Å²) >= 11 is 0. The van der Waals surface area contributed by atoms with E-state index in [1.807, 2.05) is 24.3 Å². The SMILES string of the molecule is CC1(C)c2cc(N3CCN(C4CC4)CC3)c(-c3ccccc3)cc2C(=O)c2c1[nH]c1cc(C=N)ccc21. The first kappa shape index (κ1) is 22.5. The van der Waals surface area contributed by atoms with Gasteiger partial charge in [0.1, 0.15) is 0 Å². The Morgan fingerprint density at radius 3 is 2.41 bits per heavy atom. The second kappa shape index (κ2) is 8.15. The van der Waals surface area contributed by atoms with Crippen LogP contribution in [0.3, 0.4) is 0 Å². The van der Waals surface area contributed by atoms with Crippen LogP contribution in [0, 0.1) is 5.41 Å². The maximum atomic E-state index is 14.1. The Morgan fingerprint density at radius 2 is 1.70 bits per heavy atom. The summed E-state index contributed by atoms with van der Waals surface area (Å²) in [4.78, 5) is 22.9. The fourth-order valence-corrected chi connectivity index (χ4v) is 6.45. The van der Waals surface area contributed by atoms with Crippen molar-refractivity contribution in [2.24, 2.45) is 0 Å². The number of aromatic amines is 1. The lowest BCUT2D eigenvalue weighted by Crippen LogP contribution is -2.47. The smallest absolute Gasteiger partial charge is 0.195 e. The zero-order chi connectivity index (χ0) is 25.3. The molecule has 0 bridgehead atoms. The Labute approximate surface area is 217 Å². The van der Waals surface area contributed by atoms with Crippen LogP contribution in [0.25, 0.3) is 22.0 Å². The van der Waals surface area contributed by atoms with E-state index in [1.165, 1.54) is 24.7 Å². The molecule has 186 valence electrons. The minimum absolute atomic E-state index is 0.0838. The zero-order valence-electron chi connectivity index (χ0n) is 21.5. The number of carbonyl (C=O) groups excluding carboxylic acids is 1. The molecule has 2 fully saturated rings. The van der Waals surface area contributed by atoms with E-state index >= 15 is 0 Å². The second-order valence-corrected chi connectivity index (χ2v) is 11.3. The number of carbonyl (C=O) groups is 1. The zero-order valence-corrected chi connectivity index (χ0v) is 21.5. The Hall–Kier alpha value is -3.70. The Kier molecular flexibility index (Phi) is 4.96. The third kappa shape index (κ3) is 3.48. The standard InChI is InChI=1S/C32H32N4O/c1-32(2)26-18-28(36-14-12-35(13-15-36)22-9-10-22)24(21-6-4-3-5-7-21)17-25(26)30(37)29-23-11-8-20(19-33)16-27(23)34-31(29)32/h3-8,11,16-19,22,33-34H,9-10,12-15H2,1-2H3. The van der Waals surface area contributed by atoms with E-state index in [1.54, 1.807) is 0 Å². The summed E-state index contributed by atoms with van der Waals surface area (Å²) in [6, 6.07) is 21.6. The van der Waals surface area contributed by atoms with Gasteiger partial charge in [0, 0.05) is 77.3 Å². The molecule has 2 aliphatic carbocycles. The summed E-state index contributed by atoms with van der Waals surface area (Å²) in [5.41, 5.74) is 8.53. The van der Waals surface area contributed by atoms with E-state index < -0.39 is 0 Å². The van der Waals surface area contributed by atoms with Gasteiger partial charge in [0.25, 0.3) is 0 Å². The maximum absolute atomic E-state index is 14.1. The first-order valence-corrected chi connectivity index (χ1v) is 13.4. The van der Waals surface area contributed by atoms with Gasteiger partial charge in [-0.05, 0) is 47.7 Å². The average Bonchev–Trinajstić information content (AvgIpc) is 3.71. The number of nitrogens with one attached hydrogen (secondary N) is 2. The fraction of sp³-hybridized carbons (Fsp3) is 0.312. The van der Waals surface area contributed by atoms with Crippen LogP contribution in [0.1, 0.15) is 59.4 Å². The average molecular weight is 489 g/mol. The van der Waals surface area contributed by atoms with Gasteiger partial charge in [0.15, 0.2) is 5.78 Å². The highest BCUT2D eigenvalue weighted by molar-refractivity contribution is 6.21. The number of nitrogens with zero attached hydrogens (tertiary/aromatic N) is 2. The number of hydrogen-bond donors (Lipinski definition) is 2.